The Bertz CT molecular complexity index is 1110. The maximum absolute atomic E-state index is 14.0. The zero-order valence-corrected chi connectivity index (χ0v) is 23.0. The van der Waals surface area contributed by atoms with Gasteiger partial charge in [-0.05, 0) is 82.6 Å². The first-order valence-corrected chi connectivity index (χ1v) is 14.9. The van der Waals surface area contributed by atoms with Crippen molar-refractivity contribution in [1.29, 1.82) is 0 Å². The van der Waals surface area contributed by atoms with Gasteiger partial charge < -0.3 is 19.5 Å². The number of carbonyl (C=O) groups is 2. The maximum atomic E-state index is 14.0. The van der Waals surface area contributed by atoms with Crippen molar-refractivity contribution in [2.24, 2.45) is 17.3 Å². The van der Waals surface area contributed by atoms with Crippen LogP contribution in [0.15, 0.2) is 6.07 Å². The molecule has 0 bridgehead atoms. The molecule has 214 valence electrons. The van der Waals surface area contributed by atoms with E-state index in [1.54, 1.807) is 4.90 Å². The van der Waals surface area contributed by atoms with Crippen molar-refractivity contribution in [2.45, 2.75) is 102 Å². The molecule has 1 atom stereocenters. The summed E-state index contributed by atoms with van der Waals surface area (Å²) in [6.45, 7) is 3.48. The number of hydrogen-bond donors (Lipinski definition) is 1. The van der Waals surface area contributed by atoms with E-state index < -0.39 is 17.6 Å². The number of ether oxygens (including phenoxy) is 2. The molecule has 1 aliphatic heterocycles. The van der Waals surface area contributed by atoms with Gasteiger partial charge in [0.2, 0.25) is 5.91 Å². The Morgan fingerprint density at radius 1 is 1.08 bits per heavy atom. The minimum Gasteiger partial charge on any atom is -0.477 e. The van der Waals surface area contributed by atoms with Crippen LogP contribution < -0.4 is 4.90 Å². The first-order chi connectivity index (χ1) is 18.6. The number of alkyl halides is 3. The number of aromatic carboxylic acids is 1. The highest BCUT2D eigenvalue weighted by molar-refractivity contribution is 7.15. The molecule has 2 heterocycles. The summed E-state index contributed by atoms with van der Waals surface area (Å²) in [6.07, 6.45) is 2.76. The molecule has 3 aliphatic carbocycles. The van der Waals surface area contributed by atoms with Gasteiger partial charge in [-0.3, -0.25) is 4.79 Å². The van der Waals surface area contributed by atoms with Crippen LogP contribution in [0.4, 0.5) is 18.9 Å². The lowest BCUT2D eigenvalue weighted by Gasteiger charge is -2.39. The summed E-state index contributed by atoms with van der Waals surface area (Å²) in [5.74, 6) is 4.07. The number of carboxylic acids is 1. The molecular formula is C29H36F3NO5S. The highest BCUT2D eigenvalue weighted by Gasteiger charge is 2.62. The van der Waals surface area contributed by atoms with Gasteiger partial charge in [0, 0.05) is 18.6 Å². The monoisotopic (exact) mass is 567 g/mol. The predicted octanol–water partition coefficient (Wildman–Crippen LogP) is 6.42. The van der Waals surface area contributed by atoms with Gasteiger partial charge in [0.1, 0.15) is 10.3 Å². The summed E-state index contributed by atoms with van der Waals surface area (Å²) >= 11 is 0.852. The molecule has 4 aliphatic rings. The molecule has 5 rings (SSSR count). The van der Waals surface area contributed by atoms with E-state index in [2.05, 4.69) is 18.8 Å². The highest BCUT2D eigenvalue weighted by atomic mass is 32.1. The summed E-state index contributed by atoms with van der Waals surface area (Å²) < 4.78 is 51.9. The third-order valence-electron chi connectivity index (χ3n) is 8.77. The molecule has 0 radical (unpaired) electrons. The smallest absolute Gasteiger partial charge is 0.405 e. The SMILES string of the molecule is C[C@H]1CC[C@H](C(=O)N(c2cc(C#CC3(C(F)(F)F)CC3)sc2C(=O)O)[C@H]2CC[C@H](OC3CCOC3)CC2)CC1. The van der Waals surface area contributed by atoms with Crippen molar-refractivity contribution < 1.29 is 37.3 Å². The predicted molar refractivity (Wildman–Crippen MR) is 141 cm³/mol. The molecular weight excluding hydrogens is 531 g/mol. The second kappa shape index (κ2) is 11.4. The van der Waals surface area contributed by atoms with E-state index >= 15 is 0 Å². The minimum absolute atomic E-state index is 0.0451. The summed E-state index contributed by atoms with van der Waals surface area (Å²) in [5.41, 5.74) is -1.73. The molecule has 1 saturated heterocycles. The molecule has 0 aromatic carbocycles. The Morgan fingerprint density at radius 3 is 2.33 bits per heavy atom. The first kappa shape index (κ1) is 28.4. The van der Waals surface area contributed by atoms with Crippen LogP contribution in [0.2, 0.25) is 0 Å². The molecule has 6 nitrogen and oxygen atoms in total. The fourth-order valence-electron chi connectivity index (χ4n) is 6.09. The van der Waals surface area contributed by atoms with Crippen molar-refractivity contribution in [3.63, 3.8) is 0 Å². The van der Waals surface area contributed by atoms with E-state index in [-0.39, 0.29) is 58.4 Å². The summed E-state index contributed by atoms with van der Waals surface area (Å²) in [7, 11) is 0. The maximum Gasteiger partial charge on any atom is 0.405 e. The minimum atomic E-state index is -4.42. The normalized spacial score (nSPS) is 30.3. The van der Waals surface area contributed by atoms with Crippen LogP contribution in [0.5, 0.6) is 0 Å². The quantitative estimate of drug-likeness (QED) is 0.402. The largest absolute Gasteiger partial charge is 0.477 e. The molecule has 1 aromatic heterocycles. The first-order valence-electron chi connectivity index (χ1n) is 14.1. The number of halogens is 3. The summed E-state index contributed by atoms with van der Waals surface area (Å²) in [5, 5.41) is 10.0. The highest BCUT2D eigenvalue weighted by Crippen LogP contribution is 2.57. The van der Waals surface area contributed by atoms with Crippen LogP contribution in [0.3, 0.4) is 0 Å². The van der Waals surface area contributed by atoms with Gasteiger partial charge in [0.15, 0.2) is 0 Å². The zero-order chi connectivity index (χ0) is 27.8. The summed E-state index contributed by atoms with van der Waals surface area (Å²) in [6, 6.07) is 1.32. The van der Waals surface area contributed by atoms with Crippen molar-refractivity contribution in [3.05, 3.63) is 15.8 Å². The lowest BCUT2D eigenvalue weighted by molar-refractivity contribution is -0.168. The van der Waals surface area contributed by atoms with Gasteiger partial charge >= 0.3 is 12.1 Å². The van der Waals surface area contributed by atoms with E-state index in [1.807, 2.05) is 0 Å². The van der Waals surface area contributed by atoms with Gasteiger partial charge in [-0.15, -0.1) is 11.3 Å². The number of thiophene rings is 1. The molecule has 1 amide bonds. The second-order valence-corrected chi connectivity index (χ2v) is 12.7. The third-order valence-corrected chi connectivity index (χ3v) is 9.80. The Morgan fingerprint density at radius 2 is 1.77 bits per heavy atom. The van der Waals surface area contributed by atoms with Crippen LogP contribution in [0.25, 0.3) is 0 Å². The third kappa shape index (κ3) is 6.31. The van der Waals surface area contributed by atoms with E-state index in [4.69, 9.17) is 9.47 Å². The Kier molecular flexibility index (Phi) is 8.33. The number of hydrogen-bond acceptors (Lipinski definition) is 5. The number of amides is 1. The molecule has 1 aromatic rings. The zero-order valence-electron chi connectivity index (χ0n) is 22.2. The summed E-state index contributed by atoms with van der Waals surface area (Å²) in [4.78, 5) is 28.2. The van der Waals surface area contributed by atoms with Crippen LogP contribution in [-0.2, 0) is 14.3 Å². The lowest BCUT2D eigenvalue weighted by Crippen LogP contribution is -2.47. The second-order valence-electron chi connectivity index (χ2n) is 11.7. The van der Waals surface area contributed by atoms with Crippen molar-refractivity contribution in [3.8, 4) is 11.8 Å². The molecule has 1 N–H and O–H groups in total. The Hall–Kier alpha value is -2.09. The molecule has 1 unspecified atom stereocenters. The van der Waals surface area contributed by atoms with Crippen LogP contribution in [-0.4, -0.2) is 54.6 Å². The molecule has 39 heavy (non-hydrogen) atoms. The average molecular weight is 568 g/mol. The molecule has 3 saturated carbocycles. The average Bonchev–Trinajstić information content (AvgIpc) is 3.33. The number of carbonyl (C=O) groups excluding carboxylic acids is 1. The standard InChI is InChI=1S/C29H36F3NO5S/c1-18-2-4-19(5-3-18)26(34)33(20-6-8-21(9-7-20)38-22-11-15-37-17-22)24-16-23(39-25(24)27(35)36)10-12-28(13-14-28)29(30,31)32/h16,18-22H,2-9,11,13-15,17H2,1H3,(H,35,36)/t18-,19-,20-,21-,22?. The van der Waals surface area contributed by atoms with Crippen LogP contribution in [0.1, 0.15) is 92.1 Å². The van der Waals surface area contributed by atoms with Crippen molar-refractivity contribution in [2.75, 3.05) is 18.1 Å². The van der Waals surface area contributed by atoms with E-state index in [9.17, 15) is 27.9 Å². The van der Waals surface area contributed by atoms with Crippen molar-refractivity contribution in [1.82, 2.24) is 0 Å². The molecule has 10 heteroatoms. The van der Waals surface area contributed by atoms with Gasteiger partial charge in [-0.25, -0.2) is 4.79 Å². The lowest BCUT2D eigenvalue weighted by atomic mass is 9.81. The van der Waals surface area contributed by atoms with Gasteiger partial charge in [0.25, 0.3) is 0 Å². The number of anilines is 1. The van der Waals surface area contributed by atoms with Gasteiger partial charge in [-0.1, -0.05) is 18.8 Å². The molecule has 4 fully saturated rings. The number of carboxylic acid groups (broad SMARTS) is 1. The van der Waals surface area contributed by atoms with Gasteiger partial charge in [0.05, 0.1) is 29.4 Å². The Balaban J connectivity index is 1.41. The fourth-order valence-corrected chi connectivity index (χ4v) is 6.93. The van der Waals surface area contributed by atoms with Crippen LogP contribution >= 0.6 is 11.3 Å². The fraction of sp³-hybridized carbons (Fsp3) is 0.724. The van der Waals surface area contributed by atoms with E-state index in [0.29, 0.717) is 32.0 Å². The van der Waals surface area contributed by atoms with E-state index in [0.717, 1.165) is 56.3 Å². The van der Waals surface area contributed by atoms with Gasteiger partial charge in [-0.2, -0.15) is 13.2 Å². The number of nitrogens with zero attached hydrogens (tertiary/aromatic N) is 1. The van der Waals surface area contributed by atoms with E-state index in [1.165, 1.54) is 6.07 Å². The molecule has 0 spiro atoms. The number of rotatable bonds is 6. The Labute approximate surface area is 231 Å². The van der Waals surface area contributed by atoms with Crippen LogP contribution in [0, 0.1) is 29.1 Å². The van der Waals surface area contributed by atoms with Crippen molar-refractivity contribution >= 4 is 28.9 Å². The topological polar surface area (TPSA) is 76.1 Å².